The van der Waals surface area contributed by atoms with Crippen molar-refractivity contribution in [2.24, 2.45) is 0 Å². The van der Waals surface area contributed by atoms with E-state index in [1.807, 2.05) is 13.0 Å². The van der Waals surface area contributed by atoms with Gasteiger partial charge in [0.05, 0.1) is 6.42 Å². The van der Waals surface area contributed by atoms with Crippen molar-refractivity contribution >= 4 is 17.3 Å². The molecule has 0 fully saturated rings. The monoisotopic (exact) mass is 191 g/mol. The van der Waals surface area contributed by atoms with Crippen LogP contribution in [0.5, 0.6) is 0 Å². The van der Waals surface area contributed by atoms with Gasteiger partial charge in [0.25, 0.3) is 0 Å². The molecule has 1 aromatic carbocycles. The predicted molar refractivity (Wildman–Crippen MR) is 55.2 cm³/mol. The van der Waals surface area contributed by atoms with Crippen molar-refractivity contribution in [1.29, 1.82) is 0 Å². The smallest absolute Gasteiger partial charge is 0.172 e. The van der Waals surface area contributed by atoms with E-state index in [-0.39, 0.29) is 18.0 Å². The Kier molecular flexibility index (Phi) is 3.02. The van der Waals surface area contributed by atoms with Gasteiger partial charge < -0.3 is 5.73 Å². The van der Waals surface area contributed by atoms with E-state index in [0.717, 1.165) is 5.56 Å². The highest BCUT2D eigenvalue weighted by Crippen LogP contribution is 2.17. The lowest BCUT2D eigenvalue weighted by Crippen LogP contribution is -2.08. The first-order valence-corrected chi connectivity index (χ1v) is 4.40. The summed E-state index contributed by atoms with van der Waals surface area (Å²) >= 11 is 0. The number of hydrogen-bond donors (Lipinski definition) is 1. The number of nitrogens with two attached hydrogens (primary N) is 1. The minimum absolute atomic E-state index is 0.0757. The highest BCUT2D eigenvalue weighted by Gasteiger charge is 2.12. The van der Waals surface area contributed by atoms with Gasteiger partial charge in [0.2, 0.25) is 0 Å². The lowest BCUT2D eigenvalue weighted by atomic mass is 10.0. The molecule has 0 saturated carbocycles. The summed E-state index contributed by atoms with van der Waals surface area (Å²) in [7, 11) is 0. The second-order valence-corrected chi connectivity index (χ2v) is 3.34. The normalized spacial score (nSPS) is 9.86. The Morgan fingerprint density at radius 3 is 2.57 bits per heavy atom. The Balaban J connectivity index is 3.01. The van der Waals surface area contributed by atoms with Crippen molar-refractivity contribution < 1.29 is 9.59 Å². The fourth-order valence-corrected chi connectivity index (χ4v) is 1.25. The van der Waals surface area contributed by atoms with Gasteiger partial charge in [-0.2, -0.15) is 0 Å². The van der Waals surface area contributed by atoms with Crippen LogP contribution < -0.4 is 5.73 Å². The fraction of sp³-hybridized carbons (Fsp3) is 0.273. The number of aryl methyl sites for hydroxylation is 1. The summed E-state index contributed by atoms with van der Waals surface area (Å²) in [5, 5.41) is 0. The third-order valence-corrected chi connectivity index (χ3v) is 2.03. The quantitative estimate of drug-likeness (QED) is 0.449. The van der Waals surface area contributed by atoms with Crippen molar-refractivity contribution in [3.63, 3.8) is 0 Å². The minimum atomic E-state index is -0.210. The zero-order chi connectivity index (χ0) is 10.7. The molecule has 0 aliphatic heterocycles. The fourth-order valence-electron chi connectivity index (χ4n) is 1.25. The summed E-state index contributed by atoms with van der Waals surface area (Å²) in [6, 6.07) is 5.24. The standard InChI is InChI=1S/C11H13NO2/c1-7-4-3-5-9(11(7)12)10(14)6-8(2)13/h3-5H,6,12H2,1-2H3. The van der Waals surface area contributed by atoms with Crippen LogP contribution in [0, 0.1) is 6.92 Å². The molecule has 0 bridgehead atoms. The number of benzene rings is 1. The van der Waals surface area contributed by atoms with Crippen molar-refractivity contribution in [1.82, 2.24) is 0 Å². The van der Waals surface area contributed by atoms with Gasteiger partial charge in [-0.05, 0) is 25.5 Å². The summed E-state index contributed by atoms with van der Waals surface area (Å²) in [6.45, 7) is 3.23. The van der Waals surface area contributed by atoms with Crippen molar-refractivity contribution in [2.45, 2.75) is 20.3 Å². The molecule has 3 heteroatoms. The molecule has 1 rings (SSSR count). The number of ketones is 2. The molecule has 0 heterocycles. The number of rotatable bonds is 3. The van der Waals surface area contributed by atoms with E-state index in [1.165, 1.54) is 6.92 Å². The summed E-state index contributed by atoms with van der Waals surface area (Å²) in [4.78, 5) is 22.3. The molecular weight excluding hydrogens is 178 g/mol. The summed E-state index contributed by atoms with van der Waals surface area (Å²) < 4.78 is 0. The number of Topliss-reactive ketones (excluding diaryl/α,β-unsaturated/α-hetero) is 2. The maximum atomic E-state index is 11.5. The SMILES string of the molecule is CC(=O)CC(=O)c1cccc(C)c1N. The molecule has 0 atom stereocenters. The van der Waals surface area contributed by atoms with E-state index in [9.17, 15) is 9.59 Å². The van der Waals surface area contributed by atoms with Crippen LogP contribution >= 0.6 is 0 Å². The highest BCUT2D eigenvalue weighted by molar-refractivity contribution is 6.10. The van der Waals surface area contributed by atoms with Gasteiger partial charge in [0, 0.05) is 11.3 Å². The molecule has 0 unspecified atom stereocenters. The maximum Gasteiger partial charge on any atom is 0.172 e. The van der Waals surface area contributed by atoms with Crippen LogP contribution in [0.4, 0.5) is 5.69 Å². The number of hydrogen-bond acceptors (Lipinski definition) is 3. The topological polar surface area (TPSA) is 60.2 Å². The minimum Gasteiger partial charge on any atom is -0.398 e. The van der Waals surface area contributed by atoms with Crippen LogP contribution in [0.25, 0.3) is 0 Å². The Hall–Kier alpha value is -1.64. The van der Waals surface area contributed by atoms with Crippen LogP contribution in [-0.2, 0) is 4.79 Å². The zero-order valence-electron chi connectivity index (χ0n) is 8.33. The van der Waals surface area contributed by atoms with Crippen LogP contribution in [0.1, 0.15) is 29.3 Å². The Bertz CT molecular complexity index is 383. The van der Waals surface area contributed by atoms with Crippen LogP contribution in [0.3, 0.4) is 0 Å². The molecule has 0 spiro atoms. The van der Waals surface area contributed by atoms with E-state index in [2.05, 4.69) is 0 Å². The first kappa shape index (κ1) is 10.4. The zero-order valence-corrected chi connectivity index (χ0v) is 8.33. The van der Waals surface area contributed by atoms with Gasteiger partial charge in [-0.25, -0.2) is 0 Å². The molecule has 0 aliphatic carbocycles. The molecule has 0 aliphatic rings. The van der Waals surface area contributed by atoms with Gasteiger partial charge in [-0.1, -0.05) is 12.1 Å². The van der Waals surface area contributed by atoms with Gasteiger partial charge >= 0.3 is 0 Å². The second-order valence-electron chi connectivity index (χ2n) is 3.34. The van der Waals surface area contributed by atoms with Crippen LogP contribution in [-0.4, -0.2) is 11.6 Å². The van der Waals surface area contributed by atoms with Crippen molar-refractivity contribution in [2.75, 3.05) is 5.73 Å². The average Bonchev–Trinajstić information content (AvgIpc) is 2.08. The molecule has 0 radical (unpaired) electrons. The van der Waals surface area contributed by atoms with Gasteiger partial charge in [0.1, 0.15) is 5.78 Å². The van der Waals surface area contributed by atoms with Gasteiger partial charge in [-0.3, -0.25) is 9.59 Å². The van der Waals surface area contributed by atoms with E-state index >= 15 is 0 Å². The first-order chi connectivity index (χ1) is 6.52. The molecule has 2 N–H and O–H groups in total. The highest BCUT2D eigenvalue weighted by atomic mass is 16.1. The van der Waals surface area contributed by atoms with Gasteiger partial charge in [0.15, 0.2) is 5.78 Å². The number of carbonyl (C=O) groups excluding carboxylic acids is 2. The Labute approximate surface area is 82.9 Å². The summed E-state index contributed by atoms with van der Waals surface area (Å²) in [5.41, 5.74) is 7.50. The molecular formula is C11H13NO2. The summed E-state index contributed by atoms with van der Waals surface area (Å²) in [6.07, 6.45) is -0.0757. The summed E-state index contributed by atoms with van der Waals surface area (Å²) in [5.74, 6) is -0.352. The lowest BCUT2D eigenvalue weighted by Gasteiger charge is -2.05. The Morgan fingerprint density at radius 1 is 1.36 bits per heavy atom. The molecule has 3 nitrogen and oxygen atoms in total. The molecule has 0 aromatic heterocycles. The van der Waals surface area contributed by atoms with Crippen LogP contribution in [0.15, 0.2) is 18.2 Å². The van der Waals surface area contributed by atoms with Crippen molar-refractivity contribution in [3.8, 4) is 0 Å². The Morgan fingerprint density at radius 2 is 2.00 bits per heavy atom. The third kappa shape index (κ3) is 2.19. The maximum absolute atomic E-state index is 11.5. The molecule has 14 heavy (non-hydrogen) atoms. The third-order valence-electron chi connectivity index (χ3n) is 2.03. The van der Waals surface area contributed by atoms with Gasteiger partial charge in [-0.15, -0.1) is 0 Å². The molecule has 0 saturated heterocycles. The number of anilines is 1. The number of para-hydroxylation sites is 1. The van der Waals surface area contributed by atoms with E-state index in [1.54, 1.807) is 12.1 Å². The van der Waals surface area contributed by atoms with E-state index < -0.39 is 0 Å². The van der Waals surface area contributed by atoms with E-state index in [4.69, 9.17) is 5.73 Å². The number of nitrogen functional groups attached to an aromatic ring is 1. The number of carbonyl (C=O) groups is 2. The predicted octanol–water partition coefficient (Wildman–Crippen LogP) is 1.74. The van der Waals surface area contributed by atoms with E-state index in [0.29, 0.717) is 11.3 Å². The average molecular weight is 191 g/mol. The largest absolute Gasteiger partial charge is 0.398 e. The molecule has 0 amide bonds. The second kappa shape index (κ2) is 4.05. The van der Waals surface area contributed by atoms with Crippen LogP contribution in [0.2, 0.25) is 0 Å². The lowest BCUT2D eigenvalue weighted by molar-refractivity contribution is -0.116. The molecule has 74 valence electrons. The van der Waals surface area contributed by atoms with Crippen molar-refractivity contribution in [3.05, 3.63) is 29.3 Å². The molecule has 1 aromatic rings. The first-order valence-electron chi connectivity index (χ1n) is 4.40.